The molecule has 5 rings (SSSR count). The first-order valence-corrected chi connectivity index (χ1v) is 11.2. The lowest BCUT2D eigenvalue weighted by Crippen LogP contribution is -2.47. The summed E-state index contributed by atoms with van der Waals surface area (Å²) in [5.41, 5.74) is 5.05. The fourth-order valence-corrected chi connectivity index (χ4v) is 5.09. The topological polar surface area (TPSA) is 48.6 Å². The molecule has 0 spiro atoms. The Morgan fingerprint density at radius 2 is 1.94 bits per heavy atom. The van der Waals surface area contributed by atoms with E-state index in [1.807, 2.05) is 11.8 Å². The lowest BCUT2D eigenvalue weighted by molar-refractivity contribution is -0.133. The number of nitrogens with one attached hydrogen (secondary N) is 1. The first kappa shape index (κ1) is 20.3. The Morgan fingerprint density at radius 3 is 2.65 bits per heavy atom. The van der Waals surface area contributed by atoms with E-state index in [1.54, 1.807) is 12.1 Å². The van der Waals surface area contributed by atoms with E-state index in [0.717, 1.165) is 59.7 Å². The largest absolute Gasteiger partial charge is 0.378 e. The molecule has 162 valence electrons. The predicted molar refractivity (Wildman–Crippen MR) is 120 cm³/mol. The minimum atomic E-state index is -0.292. The zero-order valence-corrected chi connectivity index (χ0v) is 18.2. The van der Waals surface area contributed by atoms with Gasteiger partial charge < -0.3 is 19.5 Å². The number of aromatic amines is 1. The van der Waals surface area contributed by atoms with E-state index < -0.39 is 0 Å². The predicted octanol–water partition coefficient (Wildman–Crippen LogP) is 4.25. The van der Waals surface area contributed by atoms with Crippen LogP contribution in [0.4, 0.5) is 10.1 Å². The standard InChI is InChI=1S/C24H25ClFN3O2/c1-15-12-20-19-13-17(26)4-7-21(19)27-23(20)24(29(15)22(30)14-25)16-2-5-18(6-3-16)28-8-10-31-11-9-28/h2-7,13,15,24,27H,8-12,14H2,1H3/t15-,24-/m0/s1. The molecule has 5 nitrogen and oxygen atoms in total. The monoisotopic (exact) mass is 441 g/mol. The molecule has 0 radical (unpaired) electrons. The van der Waals surface area contributed by atoms with Crippen molar-refractivity contribution < 1.29 is 13.9 Å². The van der Waals surface area contributed by atoms with Crippen molar-refractivity contribution >= 4 is 34.1 Å². The molecular weight excluding hydrogens is 417 g/mol. The third kappa shape index (κ3) is 3.58. The fourth-order valence-electron chi connectivity index (χ4n) is 4.96. The summed E-state index contributed by atoms with van der Waals surface area (Å²) >= 11 is 5.99. The molecule has 1 saturated heterocycles. The number of halogens is 2. The van der Waals surface area contributed by atoms with Crippen LogP contribution < -0.4 is 4.90 Å². The van der Waals surface area contributed by atoms with Crippen LogP contribution in [0.5, 0.6) is 0 Å². The van der Waals surface area contributed by atoms with Gasteiger partial charge in [0.15, 0.2) is 0 Å². The van der Waals surface area contributed by atoms with Crippen molar-refractivity contribution in [2.45, 2.75) is 25.4 Å². The van der Waals surface area contributed by atoms with Gasteiger partial charge in [-0.05, 0) is 54.8 Å². The van der Waals surface area contributed by atoms with Crippen LogP contribution in [0.25, 0.3) is 10.9 Å². The number of carbonyl (C=O) groups is 1. The second kappa shape index (κ2) is 8.17. The van der Waals surface area contributed by atoms with Gasteiger partial charge in [0.1, 0.15) is 11.7 Å². The number of amides is 1. The van der Waals surface area contributed by atoms with Crippen LogP contribution in [0.2, 0.25) is 0 Å². The highest BCUT2D eigenvalue weighted by Crippen LogP contribution is 2.41. The van der Waals surface area contributed by atoms with Gasteiger partial charge in [0.25, 0.3) is 0 Å². The van der Waals surface area contributed by atoms with Crippen molar-refractivity contribution in [3.63, 3.8) is 0 Å². The number of morpholine rings is 1. The van der Waals surface area contributed by atoms with E-state index >= 15 is 0 Å². The molecular formula is C24H25ClFN3O2. The molecule has 3 heterocycles. The molecule has 0 bridgehead atoms. The van der Waals surface area contributed by atoms with Crippen molar-refractivity contribution in [3.05, 3.63) is 65.1 Å². The Kier molecular flexibility index (Phi) is 5.36. The quantitative estimate of drug-likeness (QED) is 0.618. The average molecular weight is 442 g/mol. The molecule has 1 aromatic heterocycles. The normalized spacial score (nSPS) is 21.4. The molecule has 7 heteroatoms. The third-order valence-electron chi connectivity index (χ3n) is 6.41. The van der Waals surface area contributed by atoms with Gasteiger partial charge in [-0.15, -0.1) is 11.6 Å². The van der Waals surface area contributed by atoms with E-state index in [2.05, 4.69) is 34.1 Å². The maximum atomic E-state index is 14.0. The Labute approximate surface area is 185 Å². The lowest BCUT2D eigenvalue weighted by atomic mass is 9.88. The van der Waals surface area contributed by atoms with Crippen LogP contribution in [0.1, 0.15) is 29.8 Å². The molecule has 1 amide bonds. The van der Waals surface area contributed by atoms with Crippen molar-refractivity contribution in [1.82, 2.24) is 9.88 Å². The minimum Gasteiger partial charge on any atom is -0.378 e. The van der Waals surface area contributed by atoms with E-state index in [1.165, 1.54) is 6.07 Å². The van der Waals surface area contributed by atoms with Gasteiger partial charge in [0, 0.05) is 41.4 Å². The number of nitrogens with zero attached hydrogens (tertiary/aromatic N) is 2. The number of anilines is 1. The van der Waals surface area contributed by atoms with Gasteiger partial charge in [0.05, 0.1) is 19.3 Å². The summed E-state index contributed by atoms with van der Waals surface area (Å²) in [7, 11) is 0. The number of aromatic nitrogens is 1. The molecule has 0 saturated carbocycles. The molecule has 3 aromatic rings. The second-order valence-corrected chi connectivity index (χ2v) is 8.56. The number of fused-ring (bicyclic) bond motifs is 3. The summed E-state index contributed by atoms with van der Waals surface area (Å²) in [5.74, 6) is -0.434. The first-order valence-electron chi connectivity index (χ1n) is 10.7. The van der Waals surface area contributed by atoms with E-state index in [9.17, 15) is 9.18 Å². The minimum absolute atomic E-state index is 0.0510. The first-order chi connectivity index (χ1) is 15.1. The van der Waals surface area contributed by atoms with Crippen molar-refractivity contribution in [3.8, 4) is 0 Å². The Balaban J connectivity index is 1.60. The van der Waals surface area contributed by atoms with Crippen LogP contribution in [0, 0.1) is 5.82 Å². The van der Waals surface area contributed by atoms with Crippen molar-refractivity contribution in [1.29, 1.82) is 0 Å². The van der Waals surface area contributed by atoms with E-state index in [-0.39, 0.29) is 29.7 Å². The number of carbonyl (C=O) groups excluding carboxylic acids is 1. The van der Waals surface area contributed by atoms with Gasteiger partial charge in [-0.1, -0.05) is 12.1 Å². The summed E-state index contributed by atoms with van der Waals surface area (Å²) in [6.07, 6.45) is 0.657. The smallest absolute Gasteiger partial charge is 0.238 e. The highest BCUT2D eigenvalue weighted by Gasteiger charge is 2.38. The number of ether oxygens (including phenoxy) is 1. The van der Waals surface area contributed by atoms with Crippen molar-refractivity contribution in [2.24, 2.45) is 0 Å². The molecule has 0 unspecified atom stereocenters. The van der Waals surface area contributed by atoms with Crippen molar-refractivity contribution in [2.75, 3.05) is 37.1 Å². The Bertz CT molecular complexity index is 1110. The molecule has 2 aliphatic rings. The molecule has 1 fully saturated rings. The highest BCUT2D eigenvalue weighted by atomic mass is 35.5. The summed E-state index contributed by atoms with van der Waals surface area (Å²) in [6, 6.07) is 12.8. The van der Waals surface area contributed by atoms with Crippen LogP contribution >= 0.6 is 11.6 Å². The number of alkyl halides is 1. The van der Waals surface area contributed by atoms with Crippen LogP contribution in [-0.2, 0) is 16.0 Å². The summed E-state index contributed by atoms with van der Waals surface area (Å²) in [6.45, 7) is 5.23. The molecule has 0 aliphatic carbocycles. The molecule has 2 aromatic carbocycles. The van der Waals surface area contributed by atoms with Gasteiger partial charge in [-0.3, -0.25) is 4.79 Å². The molecule has 1 N–H and O–H groups in total. The zero-order valence-electron chi connectivity index (χ0n) is 17.4. The van der Waals surface area contributed by atoms with E-state index in [0.29, 0.717) is 6.42 Å². The molecule has 2 atom stereocenters. The summed E-state index contributed by atoms with van der Waals surface area (Å²) in [5, 5.41) is 0.884. The maximum absolute atomic E-state index is 14.0. The van der Waals surface area contributed by atoms with Crippen LogP contribution in [0.15, 0.2) is 42.5 Å². The van der Waals surface area contributed by atoms with Gasteiger partial charge in [-0.25, -0.2) is 4.39 Å². The van der Waals surface area contributed by atoms with E-state index in [4.69, 9.17) is 16.3 Å². The van der Waals surface area contributed by atoms with Crippen LogP contribution in [0.3, 0.4) is 0 Å². The fraction of sp³-hybridized carbons (Fsp3) is 0.375. The third-order valence-corrected chi connectivity index (χ3v) is 6.64. The highest BCUT2D eigenvalue weighted by molar-refractivity contribution is 6.27. The zero-order chi connectivity index (χ0) is 21.5. The lowest BCUT2D eigenvalue weighted by Gasteiger charge is -2.41. The molecule has 31 heavy (non-hydrogen) atoms. The number of hydrogen-bond donors (Lipinski definition) is 1. The molecule has 2 aliphatic heterocycles. The second-order valence-electron chi connectivity index (χ2n) is 8.29. The SMILES string of the molecule is C[C@H]1Cc2c([nH]c3ccc(F)cc23)[C@H](c2ccc(N3CCOCC3)cc2)N1C(=O)CCl. The number of benzene rings is 2. The van der Waals surface area contributed by atoms with Gasteiger partial charge in [-0.2, -0.15) is 0 Å². The maximum Gasteiger partial charge on any atom is 0.238 e. The Morgan fingerprint density at radius 1 is 1.19 bits per heavy atom. The average Bonchev–Trinajstić information content (AvgIpc) is 3.15. The van der Waals surface area contributed by atoms with Gasteiger partial charge >= 0.3 is 0 Å². The number of rotatable bonds is 3. The summed E-state index contributed by atoms with van der Waals surface area (Å²) in [4.78, 5) is 20.5. The summed E-state index contributed by atoms with van der Waals surface area (Å²) < 4.78 is 19.4. The van der Waals surface area contributed by atoms with Crippen LogP contribution in [-0.4, -0.2) is 54.0 Å². The Hall–Kier alpha value is -2.57. The van der Waals surface area contributed by atoms with Gasteiger partial charge in [0.2, 0.25) is 5.91 Å². The number of H-pyrrole nitrogens is 1. The number of hydrogen-bond acceptors (Lipinski definition) is 3.